The van der Waals surface area contributed by atoms with E-state index >= 15 is 0 Å². The lowest BCUT2D eigenvalue weighted by atomic mass is 10.2. The molecule has 4 N–H and O–H groups in total. The van der Waals surface area contributed by atoms with Gasteiger partial charge in [-0.25, -0.2) is 4.98 Å². The summed E-state index contributed by atoms with van der Waals surface area (Å²) in [6.45, 7) is 0. The van der Waals surface area contributed by atoms with E-state index in [4.69, 9.17) is 23.1 Å². The van der Waals surface area contributed by atoms with Gasteiger partial charge in [-0.2, -0.15) is 0 Å². The molecule has 82 valence electrons. The number of hydrogen-bond donors (Lipinski definition) is 2. The van der Waals surface area contributed by atoms with Gasteiger partial charge < -0.3 is 11.5 Å². The number of carbonyl (C=O) groups excluding carboxylic acids is 1. The Morgan fingerprint density at radius 2 is 2.33 bits per heavy atom. The van der Waals surface area contributed by atoms with Gasteiger partial charge in [0.05, 0.1) is 16.1 Å². The lowest BCUT2D eigenvalue weighted by molar-refractivity contribution is -0.119. The van der Waals surface area contributed by atoms with E-state index in [-0.39, 0.29) is 0 Å². The van der Waals surface area contributed by atoms with Gasteiger partial charge >= 0.3 is 0 Å². The number of primary amides is 1. The van der Waals surface area contributed by atoms with E-state index in [1.807, 2.05) is 6.07 Å². The largest absolute Gasteiger partial charge is 0.368 e. The van der Waals surface area contributed by atoms with Crippen LogP contribution in [0.25, 0.3) is 0 Å². The van der Waals surface area contributed by atoms with E-state index in [9.17, 15) is 4.79 Å². The quantitative estimate of drug-likeness (QED) is 0.759. The Bertz CT molecular complexity index is 331. The van der Waals surface area contributed by atoms with Crippen LogP contribution in [0.3, 0.4) is 0 Å². The summed E-state index contributed by atoms with van der Waals surface area (Å²) in [4.78, 5) is 14.7. The van der Waals surface area contributed by atoms with Gasteiger partial charge in [0.15, 0.2) is 0 Å². The molecule has 1 unspecified atom stereocenters. The molecule has 0 bridgehead atoms. The molecular weight excluding hydrogens is 234 g/mol. The number of amides is 1. The van der Waals surface area contributed by atoms with Crippen molar-refractivity contribution in [2.24, 2.45) is 11.5 Å². The Labute approximate surface area is 97.4 Å². The molecule has 4 nitrogen and oxygen atoms in total. The van der Waals surface area contributed by atoms with Crippen molar-refractivity contribution >= 4 is 29.3 Å². The maximum absolute atomic E-state index is 10.6. The highest BCUT2D eigenvalue weighted by Crippen LogP contribution is 2.18. The minimum absolute atomic E-state index is 0.473. The fourth-order valence-electron chi connectivity index (χ4n) is 0.880. The number of halogens is 1. The topological polar surface area (TPSA) is 82.0 Å². The Hall–Kier alpha value is -0.780. The van der Waals surface area contributed by atoms with Crippen LogP contribution in [-0.4, -0.2) is 22.7 Å². The third kappa shape index (κ3) is 4.51. The van der Waals surface area contributed by atoms with Crippen LogP contribution in [0.1, 0.15) is 6.42 Å². The molecule has 0 aromatic carbocycles. The van der Waals surface area contributed by atoms with Crippen LogP contribution in [0.5, 0.6) is 0 Å². The SMILES string of the molecule is NC(=O)C(N)CCSc1ccc(Cl)cn1. The van der Waals surface area contributed by atoms with Crippen LogP contribution < -0.4 is 11.5 Å². The Morgan fingerprint density at radius 1 is 1.60 bits per heavy atom. The Kier molecular flexibility index (Phi) is 4.87. The van der Waals surface area contributed by atoms with Crippen molar-refractivity contribution in [3.63, 3.8) is 0 Å². The average molecular weight is 246 g/mol. The van der Waals surface area contributed by atoms with E-state index in [1.165, 1.54) is 11.8 Å². The molecule has 0 radical (unpaired) electrons. The second kappa shape index (κ2) is 5.95. The Balaban J connectivity index is 2.32. The zero-order chi connectivity index (χ0) is 11.3. The first-order valence-electron chi connectivity index (χ1n) is 4.39. The average Bonchev–Trinajstić information content (AvgIpc) is 2.20. The van der Waals surface area contributed by atoms with Crippen molar-refractivity contribution in [3.05, 3.63) is 23.4 Å². The highest BCUT2D eigenvalue weighted by molar-refractivity contribution is 7.99. The van der Waals surface area contributed by atoms with Crippen molar-refractivity contribution in [3.8, 4) is 0 Å². The molecule has 0 saturated carbocycles. The molecule has 1 rings (SSSR count). The fourth-order valence-corrected chi connectivity index (χ4v) is 1.86. The third-order valence-electron chi connectivity index (χ3n) is 1.74. The van der Waals surface area contributed by atoms with Crippen molar-refractivity contribution in [2.45, 2.75) is 17.5 Å². The monoisotopic (exact) mass is 245 g/mol. The van der Waals surface area contributed by atoms with Gasteiger partial charge in [-0.1, -0.05) is 11.6 Å². The molecule has 6 heteroatoms. The normalized spacial score (nSPS) is 12.4. The summed E-state index contributed by atoms with van der Waals surface area (Å²) in [5.74, 6) is 0.235. The summed E-state index contributed by atoms with van der Waals surface area (Å²) >= 11 is 7.20. The molecule has 1 aromatic rings. The molecule has 0 saturated heterocycles. The molecule has 0 fully saturated rings. The maximum atomic E-state index is 10.6. The lowest BCUT2D eigenvalue weighted by Gasteiger charge is -2.05. The predicted molar refractivity (Wildman–Crippen MR) is 61.8 cm³/mol. The van der Waals surface area contributed by atoms with E-state index in [0.29, 0.717) is 17.2 Å². The zero-order valence-electron chi connectivity index (χ0n) is 8.02. The van der Waals surface area contributed by atoms with Gasteiger partial charge in [0.1, 0.15) is 0 Å². The first kappa shape index (κ1) is 12.3. The van der Waals surface area contributed by atoms with Crippen LogP contribution in [0, 0.1) is 0 Å². The molecule has 1 heterocycles. The summed E-state index contributed by atoms with van der Waals surface area (Å²) in [6.07, 6.45) is 2.13. The van der Waals surface area contributed by atoms with Gasteiger partial charge in [-0.3, -0.25) is 4.79 Å². The van der Waals surface area contributed by atoms with Gasteiger partial charge in [-0.15, -0.1) is 11.8 Å². The number of nitrogens with two attached hydrogens (primary N) is 2. The maximum Gasteiger partial charge on any atom is 0.234 e. The standard InChI is InChI=1S/C9H12ClN3OS/c10-6-1-2-8(13-5-6)15-4-3-7(11)9(12)14/h1-2,5,7H,3-4,11H2,(H2,12,14). The highest BCUT2D eigenvalue weighted by Gasteiger charge is 2.08. The highest BCUT2D eigenvalue weighted by atomic mass is 35.5. The van der Waals surface area contributed by atoms with Gasteiger partial charge in [0.2, 0.25) is 5.91 Å². The third-order valence-corrected chi connectivity index (χ3v) is 2.95. The van der Waals surface area contributed by atoms with E-state index in [0.717, 1.165) is 5.03 Å². The van der Waals surface area contributed by atoms with Gasteiger partial charge in [0, 0.05) is 11.9 Å². The minimum atomic E-state index is -0.579. The molecule has 1 aromatic heterocycles. The number of thioether (sulfide) groups is 1. The van der Waals surface area contributed by atoms with E-state index in [1.54, 1.807) is 12.3 Å². The first-order chi connectivity index (χ1) is 7.09. The van der Waals surface area contributed by atoms with Crippen LogP contribution in [0.4, 0.5) is 0 Å². The molecule has 0 spiro atoms. The van der Waals surface area contributed by atoms with Crippen molar-refractivity contribution in [1.29, 1.82) is 0 Å². The number of nitrogens with zero attached hydrogens (tertiary/aromatic N) is 1. The van der Waals surface area contributed by atoms with Crippen molar-refractivity contribution < 1.29 is 4.79 Å². The number of pyridine rings is 1. The van der Waals surface area contributed by atoms with Crippen LogP contribution >= 0.6 is 23.4 Å². The Morgan fingerprint density at radius 3 is 2.87 bits per heavy atom. The zero-order valence-corrected chi connectivity index (χ0v) is 9.59. The fraction of sp³-hybridized carbons (Fsp3) is 0.333. The number of carbonyl (C=O) groups is 1. The van der Waals surface area contributed by atoms with Gasteiger partial charge in [0.25, 0.3) is 0 Å². The minimum Gasteiger partial charge on any atom is -0.368 e. The number of rotatable bonds is 5. The van der Waals surface area contributed by atoms with Crippen LogP contribution in [0.15, 0.2) is 23.4 Å². The predicted octanol–water partition coefficient (Wildman–Crippen LogP) is 1.03. The second-order valence-corrected chi connectivity index (χ2v) is 4.51. The van der Waals surface area contributed by atoms with Crippen molar-refractivity contribution in [1.82, 2.24) is 4.98 Å². The van der Waals surface area contributed by atoms with Crippen LogP contribution in [0.2, 0.25) is 5.02 Å². The number of hydrogen-bond acceptors (Lipinski definition) is 4. The van der Waals surface area contributed by atoms with E-state index < -0.39 is 11.9 Å². The lowest BCUT2D eigenvalue weighted by Crippen LogP contribution is -2.36. The molecule has 0 aliphatic rings. The van der Waals surface area contributed by atoms with Gasteiger partial charge in [-0.05, 0) is 18.6 Å². The molecule has 1 atom stereocenters. The molecule has 0 aliphatic carbocycles. The molecule has 15 heavy (non-hydrogen) atoms. The smallest absolute Gasteiger partial charge is 0.234 e. The van der Waals surface area contributed by atoms with E-state index in [2.05, 4.69) is 4.98 Å². The molecule has 1 amide bonds. The first-order valence-corrected chi connectivity index (χ1v) is 5.75. The summed E-state index contributed by atoms with van der Waals surface area (Å²) in [7, 11) is 0. The number of aromatic nitrogens is 1. The summed E-state index contributed by atoms with van der Waals surface area (Å²) in [5, 5.41) is 1.46. The molecule has 0 aliphatic heterocycles. The molecular formula is C9H12ClN3OS. The summed E-state index contributed by atoms with van der Waals surface area (Å²) in [6, 6.07) is 3.01. The summed E-state index contributed by atoms with van der Waals surface area (Å²) in [5.41, 5.74) is 10.5. The van der Waals surface area contributed by atoms with Crippen molar-refractivity contribution in [2.75, 3.05) is 5.75 Å². The van der Waals surface area contributed by atoms with Crippen LogP contribution in [-0.2, 0) is 4.79 Å². The summed E-state index contributed by atoms with van der Waals surface area (Å²) < 4.78 is 0. The second-order valence-electron chi connectivity index (χ2n) is 2.96.